The van der Waals surface area contributed by atoms with E-state index in [1.54, 1.807) is 58.4 Å². The zero-order valence-electron chi connectivity index (χ0n) is 21.5. The van der Waals surface area contributed by atoms with Crippen LogP contribution in [0, 0.1) is 0 Å². The van der Waals surface area contributed by atoms with Gasteiger partial charge in [0.2, 0.25) is 0 Å². The van der Waals surface area contributed by atoms with Crippen molar-refractivity contribution in [3.05, 3.63) is 78.5 Å². The van der Waals surface area contributed by atoms with Crippen LogP contribution < -0.4 is 33.8 Å². The van der Waals surface area contributed by atoms with Crippen LogP contribution in [0.15, 0.2) is 57.5 Å². The van der Waals surface area contributed by atoms with E-state index in [1.807, 2.05) is 12.1 Å². The van der Waals surface area contributed by atoms with E-state index in [9.17, 15) is 9.59 Å². The molecule has 1 aliphatic rings. The molecule has 0 saturated heterocycles. The van der Waals surface area contributed by atoms with Crippen molar-refractivity contribution in [1.29, 1.82) is 0 Å². The van der Waals surface area contributed by atoms with Gasteiger partial charge in [0.05, 0.1) is 56.9 Å². The maximum absolute atomic E-state index is 13.8. The third-order valence-electron chi connectivity index (χ3n) is 5.97. The van der Waals surface area contributed by atoms with Gasteiger partial charge < -0.3 is 23.7 Å². The fourth-order valence-electron chi connectivity index (χ4n) is 4.20. The number of ether oxygens (including phenoxy) is 5. The Bertz CT molecular complexity index is 1530. The van der Waals surface area contributed by atoms with Crippen LogP contribution in [0.3, 0.4) is 0 Å². The van der Waals surface area contributed by atoms with Crippen LogP contribution in [0.4, 0.5) is 0 Å². The molecule has 37 heavy (non-hydrogen) atoms. The van der Waals surface area contributed by atoms with Gasteiger partial charge in [-0.1, -0.05) is 23.5 Å². The molecule has 2 aromatic carbocycles. The van der Waals surface area contributed by atoms with Gasteiger partial charge in [-0.3, -0.25) is 9.36 Å². The Labute approximate surface area is 217 Å². The Balaban J connectivity index is 1.95. The van der Waals surface area contributed by atoms with Gasteiger partial charge in [-0.2, -0.15) is 0 Å². The van der Waals surface area contributed by atoms with Gasteiger partial charge in [-0.15, -0.1) is 0 Å². The summed E-state index contributed by atoms with van der Waals surface area (Å²) in [6.45, 7) is 3.69. The summed E-state index contributed by atoms with van der Waals surface area (Å²) in [7, 11) is 6.20. The molecule has 0 spiro atoms. The summed E-state index contributed by atoms with van der Waals surface area (Å²) in [5.74, 6) is 1.67. The van der Waals surface area contributed by atoms with Crippen LogP contribution in [0.2, 0.25) is 0 Å². The lowest BCUT2D eigenvalue weighted by atomic mass is 9.96. The van der Waals surface area contributed by atoms with Crippen molar-refractivity contribution in [1.82, 2.24) is 4.57 Å². The minimum Gasteiger partial charge on any atom is -0.497 e. The van der Waals surface area contributed by atoms with E-state index >= 15 is 0 Å². The number of hydrogen-bond acceptors (Lipinski definition) is 9. The lowest BCUT2D eigenvalue weighted by Gasteiger charge is -2.24. The van der Waals surface area contributed by atoms with Crippen LogP contribution in [-0.4, -0.2) is 45.6 Å². The average Bonchev–Trinajstić information content (AvgIpc) is 3.21. The number of benzene rings is 2. The third-order valence-corrected chi connectivity index (χ3v) is 6.95. The molecule has 1 aromatic heterocycles. The molecule has 4 rings (SSSR count). The maximum Gasteiger partial charge on any atom is 0.338 e. The van der Waals surface area contributed by atoms with Crippen molar-refractivity contribution < 1.29 is 28.5 Å². The average molecular weight is 525 g/mol. The molecule has 10 heteroatoms. The first-order valence-corrected chi connectivity index (χ1v) is 12.3. The summed E-state index contributed by atoms with van der Waals surface area (Å²) in [5.41, 5.74) is 1.88. The molecule has 1 atom stereocenters. The Morgan fingerprint density at radius 1 is 1.00 bits per heavy atom. The SMILES string of the molecule is CCOC(=O)C1=C(C)N=c2sc(=Cc3cc(OC)c(OC)cc3OC)c(=O)n2C1c1ccc(OC)cc1. The Kier molecular flexibility index (Phi) is 7.68. The summed E-state index contributed by atoms with van der Waals surface area (Å²) < 4.78 is 28.9. The number of hydrogen-bond donors (Lipinski definition) is 0. The Morgan fingerprint density at radius 3 is 2.24 bits per heavy atom. The van der Waals surface area contributed by atoms with E-state index in [0.717, 1.165) is 5.56 Å². The molecular formula is C27H28N2O7S. The van der Waals surface area contributed by atoms with Crippen LogP contribution >= 0.6 is 11.3 Å². The van der Waals surface area contributed by atoms with E-state index in [-0.39, 0.29) is 12.2 Å². The molecule has 9 nitrogen and oxygen atoms in total. The quantitative estimate of drug-likeness (QED) is 0.418. The normalized spacial score (nSPS) is 15.1. The topological polar surface area (TPSA) is 97.6 Å². The first-order valence-electron chi connectivity index (χ1n) is 11.5. The predicted octanol–water partition coefficient (Wildman–Crippen LogP) is 2.83. The highest BCUT2D eigenvalue weighted by Crippen LogP contribution is 2.35. The highest BCUT2D eigenvalue weighted by molar-refractivity contribution is 7.07. The van der Waals surface area contributed by atoms with E-state index in [2.05, 4.69) is 4.99 Å². The van der Waals surface area contributed by atoms with Crippen LogP contribution in [0.1, 0.15) is 31.0 Å². The van der Waals surface area contributed by atoms with E-state index in [4.69, 9.17) is 23.7 Å². The predicted molar refractivity (Wildman–Crippen MR) is 139 cm³/mol. The number of allylic oxidation sites excluding steroid dienone is 1. The number of rotatable bonds is 8. The van der Waals surface area contributed by atoms with E-state index in [0.29, 0.717) is 49.2 Å². The van der Waals surface area contributed by atoms with Gasteiger partial charge in [0.1, 0.15) is 11.5 Å². The van der Waals surface area contributed by atoms with E-state index < -0.39 is 12.0 Å². The Hall–Kier alpha value is -4.05. The molecule has 2 heterocycles. The number of carbonyl (C=O) groups excluding carboxylic acids is 1. The third kappa shape index (κ3) is 4.84. The molecule has 1 aliphatic heterocycles. The summed E-state index contributed by atoms with van der Waals surface area (Å²) >= 11 is 1.23. The molecule has 3 aromatic rings. The summed E-state index contributed by atoms with van der Waals surface area (Å²) in [4.78, 5) is 31.9. The highest BCUT2D eigenvalue weighted by Gasteiger charge is 2.33. The van der Waals surface area contributed by atoms with Crippen molar-refractivity contribution in [3.8, 4) is 23.0 Å². The molecule has 0 bridgehead atoms. The molecular weight excluding hydrogens is 496 g/mol. The van der Waals surface area contributed by atoms with Crippen molar-refractivity contribution in [2.75, 3.05) is 35.0 Å². The lowest BCUT2D eigenvalue weighted by Crippen LogP contribution is -2.39. The first kappa shape index (κ1) is 26.0. The first-order chi connectivity index (χ1) is 17.9. The molecule has 0 aliphatic carbocycles. The van der Waals surface area contributed by atoms with Gasteiger partial charge in [0.25, 0.3) is 5.56 Å². The fourth-order valence-corrected chi connectivity index (χ4v) is 5.24. The summed E-state index contributed by atoms with van der Waals surface area (Å²) in [6, 6.07) is 9.97. The van der Waals surface area contributed by atoms with Crippen LogP contribution in [0.5, 0.6) is 23.0 Å². The molecule has 194 valence electrons. The van der Waals surface area contributed by atoms with Crippen molar-refractivity contribution in [2.24, 2.45) is 4.99 Å². The van der Waals surface area contributed by atoms with Gasteiger partial charge in [0, 0.05) is 11.6 Å². The summed E-state index contributed by atoms with van der Waals surface area (Å²) in [6.07, 6.45) is 1.72. The molecule has 1 unspecified atom stereocenters. The van der Waals surface area contributed by atoms with Crippen LogP contribution in [0.25, 0.3) is 6.08 Å². The largest absolute Gasteiger partial charge is 0.497 e. The number of methoxy groups -OCH3 is 4. The molecule has 0 fully saturated rings. The minimum absolute atomic E-state index is 0.203. The summed E-state index contributed by atoms with van der Waals surface area (Å²) in [5, 5.41) is 0. The van der Waals surface area contributed by atoms with Crippen LogP contribution in [-0.2, 0) is 9.53 Å². The number of nitrogens with zero attached hydrogens (tertiary/aromatic N) is 2. The number of aromatic nitrogens is 1. The molecule has 0 saturated carbocycles. The molecule has 0 amide bonds. The standard InChI is InChI=1S/C27H28N2O7S/c1-7-36-26(31)23-15(2)28-27-29(24(23)16-8-10-18(32-3)11-9-16)25(30)22(37-27)13-17-12-20(34-5)21(35-6)14-19(17)33-4/h8-14,24H,7H2,1-6H3. The lowest BCUT2D eigenvalue weighted by molar-refractivity contribution is -0.139. The Morgan fingerprint density at radius 2 is 1.65 bits per heavy atom. The van der Waals surface area contributed by atoms with Crippen molar-refractivity contribution >= 4 is 23.4 Å². The number of carbonyl (C=O) groups is 1. The second kappa shape index (κ2) is 10.9. The minimum atomic E-state index is -0.712. The molecule has 0 N–H and O–H groups in total. The van der Waals surface area contributed by atoms with Gasteiger partial charge >= 0.3 is 5.97 Å². The smallest absolute Gasteiger partial charge is 0.338 e. The van der Waals surface area contributed by atoms with Gasteiger partial charge in [-0.05, 0) is 43.7 Å². The fraction of sp³-hybridized carbons (Fsp3) is 0.296. The monoisotopic (exact) mass is 524 g/mol. The van der Waals surface area contributed by atoms with E-state index in [1.165, 1.54) is 30.1 Å². The van der Waals surface area contributed by atoms with Crippen molar-refractivity contribution in [3.63, 3.8) is 0 Å². The zero-order chi connectivity index (χ0) is 26.7. The van der Waals surface area contributed by atoms with Crippen molar-refractivity contribution in [2.45, 2.75) is 19.9 Å². The zero-order valence-corrected chi connectivity index (χ0v) is 22.3. The highest BCUT2D eigenvalue weighted by atomic mass is 32.1. The van der Waals surface area contributed by atoms with Gasteiger partial charge in [0.15, 0.2) is 16.3 Å². The van der Waals surface area contributed by atoms with Gasteiger partial charge in [-0.25, -0.2) is 9.79 Å². The second-order valence-electron chi connectivity index (χ2n) is 8.02. The second-order valence-corrected chi connectivity index (χ2v) is 9.03. The number of fused-ring (bicyclic) bond motifs is 1. The maximum atomic E-state index is 13.8. The number of esters is 1. The number of thiazole rings is 1. The molecule has 0 radical (unpaired) electrons.